The van der Waals surface area contributed by atoms with Crippen molar-refractivity contribution >= 4 is 5.97 Å². The molecule has 0 atom stereocenters. The van der Waals surface area contributed by atoms with Gasteiger partial charge >= 0.3 is 5.97 Å². The highest BCUT2D eigenvalue weighted by Crippen LogP contribution is 2.30. The molecule has 0 aliphatic heterocycles. The number of carboxylic acid groups (broad SMARTS) is 1. The molecular weight excluding hydrogens is 326 g/mol. The first-order chi connectivity index (χ1) is 12.0. The van der Waals surface area contributed by atoms with Crippen LogP contribution in [-0.2, 0) is 6.61 Å². The summed E-state index contributed by atoms with van der Waals surface area (Å²) < 4.78 is 34.2. The molecule has 0 saturated heterocycles. The summed E-state index contributed by atoms with van der Waals surface area (Å²) in [6, 6.07) is 16.9. The molecule has 25 heavy (non-hydrogen) atoms. The third-order valence-electron chi connectivity index (χ3n) is 3.66. The Labute approximate surface area is 143 Å². The summed E-state index contributed by atoms with van der Waals surface area (Å²) in [4.78, 5) is 11.0. The van der Waals surface area contributed by atoms with Crippen molar-refractivity contribution in [3.05, 3.63) is 89.5 Å². The first-order valence-electron chi connectivity index (χ1n) is 7.54. The summed E-state index contributed by atoms with van der Waals surface area (Å²) in [5.74, 6) is -2.72. The summed E-state index contributed by atoms with van der Waals surface area (Å²) in [6.45, 7) is 0.188. The number of carboxylic acids is 1. The van der Waals surface area contributed by atoms with Gasteiger partial charge in [0.1, 0.15) is 24.0 Å². The Bertz CT molecular complexity index is 885. The number of carbonyl (C=O) groups is 1. The third-order valence-corrected chi connectivity index (χ3v) is 3.66. The zero-order chi connectivity index (χ0) is 17.8. The molecule has 0 bridgehead atoms. The number of aromatic carboxylic acids is 1. The molecule has 3 aromatic carbocycles. The number of halogens is 2. The van der Waals surface area contributed by atoms with Gasteiger partial charge in [-0.25, -0.2) is 13.6 Å². The fraction of sp³-hybridized carbons (Fsp3) is 0.0500. The number of benzene rings is 3. The Kier molecular flexibility index (Phi) is 4.75. The predicted molar refractivity (Wildman–Crippen MR) is 89.5 cm³/mol. The van der Waals surface area contributed by atoms with Crippen LogP contribution in [0.5, 0.6) is 5.75 Å². The molecule has 5 heteroatoms. The van der Waals surface area contributed by atoms with Gasteiger partial charge in [0, 0.05) is 12.1 Å². The van der Waals surface area contributed by atoms with E-state index < -0.39 is 17.6 Å². The van der Waals surface area contributed by atoms with Crippen molar-refractivity contribution in [3.8, 4) is 16.9 Å². The molecule has 0 aliphatic rings. The number of hydrogen-bond donors (Lipinski definition) is 1. The first-order valence-corrected chi connectivity index (χ1v) is 7.54. The molecule has 0 spiro atoms. The maximum absolute atomic E-state index is 14.4. The minimum atomic E-state index is -1.16. The van der Waals surface area contributed by atoms with Gasteiger partial charge < -0.3 is 9.84 Å². The number of rotatable bonds is 5. The molecule has 3 rings (SSSR count). The normalized spacial score (nSPS) is 10.5. The van der Waals surface area contributed by atoms with Crippen molar-refractivity contribution in [3.63, 3.8) is 0 Å². The van der Waals surface area contributed by atoms with Gasteiger partial charge in [0.05, 0.1) is 11.1 Å². The maximum Gasteiger partial charge on any atom is 0.335 e. The van der Waals surface area contributed by atoms with Crippen LogP contribution in [0.25, 0.3) is 11.1 Å². The molecule has 0 radical (unpaired) electrons. The van der Waals surface area contributed by atoms with Crippen LogP contribution in [0.3, 0.4) is 0 Å². The van der Waals surface area contributed by atoms with Crippen LogP contribution in [0, 0.1) is 11.6 Å². The molecule has 0 aliphatic carbocycles. The number of ether oxygens (including phenoxy) is 1. The third kappa shape index (κ3) is 3.83. The van der Waals surface area contributed by atoms with Crippen LogP contribution >= 0.6 is 0 Å². The van der Waals surface area contributed by atoms with E-state index in [0.717, 1.165) is 17.7 Å². The van der Waals surface area contributed by atoms with Crippen molar-refractivity contribution in [2.75, 3.05) is 0 Å². The quantitative estimate of drug-likeness (QED) is 0.718. The lowest BCUT2D eigenvalue weighted by Gasteiger charge is -2.11. The summed E-state index contributed by atoms with van der Waals surface area (Å²) in [5, 5.41) is 9.01. The molecular formula is C20H14F2O3. The van der Waals surface area contributed by atoms with E-state index in [9.17, 15) is 13.6 Å². The Balaban J connectivity index is 1.88. The molecule has 0 aromatic heterocycles. The van der Waals surface area contributed by atoms with Gasteiger partial charge in [-0.05, 0) is 23.3 Å². The van der Waals surface area contributed by atoms with Crippen molar-refractivity contribution in [2.45, 2.75) is 6.61 Å². The smallest absolute Gasteiger partial charge is 0.335 e. The minimum absolute atomic E-state index is 0.0410. The summed E-state index contributed by atoms with van der Waals surface area (Å²) in [6.07, 6.45) is 0. The molecule has 3 nitrogen and oxygen atoms in total. The summed E-state index contributed by atoms with van der Waals surface area (Å²) in [5.41, 5.74) is 0.710. The van der Waals surface area contributed by atoms with Gasteiger partial charge in [0.15, 0.2) is 0 Å². The second-order valence-corrected chi connectivity index (χ2v) is 5.42. The molecule has 126 valence electrons. The Morgan fingerprint density at radius 2 is 1.60 bits per heavy atom. The van der Waals surface area contributed by atoms with E-state index in [1.165, 1.54) is 24.3 Å². The van der Waals surface area contributed by atoms with Crippen LogP contribution in [0.15, 0.2) is 66.7 Å². The average molecular weight is 340 g/mol. The highest BCUT2D eigenvalue weighted by atomic mass is 19.1. The van der Waals surface area contributed by atoms with Gasteiger partial charge in [0.25, 0.3) is 0 Å². The molecule has 3 aromatic rings. The highest BCUT2D eigenvalue weighted by Gasteiger charge is 2.15. The van der Waals surface area contributed by atoms with E-state index >= 15 is 0 Å². The summed E-state index contributed by atoms with van der Waals surface area (Å²) in [7, 11) is 0. The van der Waals surface area contributed by atoms with E-state index in [0.29, 0.717) is 0 Å². The van der Waals surface area contributed by atoms with Gasteiger partial charge in [-0.1, -0.05) is 42.5 Å². The lowest BCUT2D eigenvalue weighted by atomic mass is 10.0. The number of hydrogen-bond acceptors (Lipinski definition) is 2. The van der Waals surface area contributed by atoms with Crippen molar-refractivity contribution in [1.29, 1.82) is 0 Å². The van der Waals surface area contributed by atoms with Crippen LogP contribution in [0.4, 0.5) is 8.78 Å². The lowest BCUT2D eigenvalue weighted by molar-refractivity contribution is 0.0697. The fourth-order valence-electron chi connectivity index (χ4n) is 2.46. The largest absolute Gasteiger partial charge is 0.489 e. The molecule has 0 amide bonds. The second kappa shape index (κ2) is 7.13. The van der Waals surface area contributed by atoms with Crippen LogP contribution in [0.1, 0.15) is 15.9 Å². The van der Waals surface area contributed by atoms with Crippen LogP contribution < -0.4 is 4.74 Å². The fourth-order valence-corrected chi connectivity index (χ4v) is 2.46. The summed E-state index contributed by atoms with van der Waals surface area (Å²) >= 11 is 0. The van der Waals surface area contributed by atoms with Crippen molar-refractivity contribution in [2.24, 2.45) is 0 Å². The van der Waals surface area contributed by atoms with Gasteiger partial charge in [-0.3, -0.25) is 0 Å². The lowest BCUT2D eigenvalue weighted by Crippen LogP contribution is -1.99. The minimum Gasteiger partial charge on any atom is -0.489 e. The van der Waals surface area contributed by atoms with E-state index in [1.54, 1.807) is 0 Å². The van der Waals surface area contributed by atoms with E-state index in [1.807, 2.05) is 30.3 Å². The monoisotopic (exact) mass is 340 g/mol. The Hall–Kier alpha value is -3.21. The van der Waals surface area contributed by atoms with Gasteiger partial charge in [-0.2, -0.15) is 0 Å². The van der Waals surface area contributed by atoms with E-state index in [4.69, 9.17) is 9.84 Å². The zero-order valence-electron chi connectivity index (χ0n) is 13.1. The molecule has 0 heterocycles. The standard InChI is InChI=1S/C20H14F2O3/c21-17-10-16(25-12-13-5-2-1-3-6-13)11-18(22)19(17)14-7-4-8-15(9-14)20(23)24/h1-11H,12H2,(H,23,24). The molecule has 0 unspecified atom stereocenters. The Morgan fingerprint density at radius 3 is 2.24 bits per heavy atom. The van der Waals surface area contributed by atoms with E-state index in [-0.39, 0.29) is 29.0 Å². The van der Waals surface area contributed by atoms with Crippen LogP contribution in [0.2, 0.25) is 0 Å². The molecule has 0 saturated carbocycles. The van der Waals surface area contributed by atoms with Crippen molar-refractivity contribution in [1.82, 2.24) is 0 Å². The zero-order valence-corrected chi connectivity index (χ0v) is 13.1. The maximum atomic E-state index is 14.4. The van der Waals surface area contributed by atoms with Crippen molar-refractivity contribution < 1.29 is 23.4 Å². The van der Waals surface area contributed by atoms with Gasteiger partial charge in [-0.15, -0.1) is 0 Å². The first kappa shape index (κ1) is 16.6. The SMILES string of the molecule is O=C(O)c1cccc(-c2c(F)cc(OCc3ccccc3)cc2F)c1. The molecule has 1 N–H and O–H groups in total. The Morgan fingerprint density at radius 1 is 0.920 bits per heavy atom. The second-order valence-electron chi connectivity index (χ2n) is 5.42. The topological polar surface area (TPSA) is 46.5 Å². The predicted octanol–water partition coefficient (Wildman–Crippen LogP) is 4.91. The van der Waals surface area contributed by atoms with E-state index in [2.05, 4.69) is 0 Å². The molecule has 0 fully saturated rings. The van der Waals surface area contributed by atoms with Gasteiger partial charge in [0.2, 0.25) is 0 Å². The average Bonchev–Trinajstić information content (AvgIpc) is 2.60. The highest BCUT2D eigenvalue weighted by molar-refractivity contribution is 5.89. The van der Waals surface area contributed by atoms with Crippen LogP contribution in [-0.4, -0.2) is 11.1 Å².